The molecular weight excluding hydrogens is 248 g/mol. The van der Waals surface area contributed by atoms with Gasteiger partial charge in [0.1, 0.15) is 0 Å². The summed E-state index contributed by atoms with van der Waals surface area (Å²) in [5.41, 5.74) is 0.959. The summed E-state index contributed by atoms with van der Waals surface area (Å²) in [6, 6.07) is 3.86. The molecule has 0 radical (unpaired) electrons. The van der Waals surface area contributed by atoms with Crippen LogP contribution in [-0.4, -0.2) is 33.0 Å². The molecule has 0 aliphatic heterocycles. The number of H-pyrrole nitrogens is 1. The molecule has 0 unspecified atom stereocenters. The van der Waals surface area contributed by atoms with Gasteiger partial charge in [0, 0.05) is 37.7 Å². The SMILES string of the molecule is CCOCCCn1c(-c2cccnc2)n[nH]c1=S. The topological polar surface area (TPSA) is 55.7 Å². The summed E-state index contributed by atoms with van der Waals surface area (Å²) in [5, 5.41) is 7.07. The van der Waals surface area contributed by atoms with Crippen molar-refractivity contribution in [3.8, 4) is 11.4 Å². The van der Waals surface area contributed by atoms with Crippen molar-refractivity contribution in [3.05, 3.63) is 29.3 Å². The Kier molecular flexibility index (Phi) is 4.60. The van der Waals surface area contributed by atoms with Crippen molar-refractivity contribution in [1.29, 1.82) is 0 Å². The molecule has 0 fully saturated rings. The Morgan fingerprint density at radius 3 is 3.11 bits per heavy atom. The lowest BCUT2D eigenvalue weighted by Gasteiger charge is -2.06. The van der Waals surface area contributed by atoms with Crippen molar-refractivity contribution in [3.63, 3.8) is 0 Å². The fourth-order valence-corrected chi connectivity index (χ4v) is 1.93. The molecule has 0 saturated heterocycles. The van der Waals surface area contributed by atoms with E-state index in [9.17, 15) is 0 Å². The van der Waals surface area contributed by atoms with E-state index in [2.05, 4.69) is 15.2 Å². The van der Waals surface area contributed by atoms with Gasteiger partial charge in [0.05, 0.1) is 0 Å². The smallest absolute Gasteiger partial charge is 0.195 e. The van der Waals surface area contributed by atoms with Crippen LogP contribution in [0.4, 0.5) is 0 Å². The van der Waals surface area contributed by atoms with Crippen molar-refractivity contribution >= 4 is 12.2 Å². The Bertz CT molecular complexity index is 535. The Balaban J connectivity index is 2.15. The van der Waals surface area contributed by atoms with Crippen LogP contribution in [0.2, 0.25) is 0 Å². The van der Waals surface area contributed by atoms with Crippen LogP contribution in [0, 0.1) is 4.77 Å². The Morgan fingerprint density at radius 2 is 2.39 bits per heavy atom. The summed E-state index contributed by atoms with van der Waals surface area (Å²) in [7, 11) is 0. The molecule has 0 saturated carbocycles. The van der Waals surface area contributed by atoms with Crippen molar-refractivity contribution < 1.29 is 4.74 Å². The standard InChI is InChI=1S/C12H16N4OS/c1-2-17-8-4-7-16-11(14-15-12(16)18)10-5-3-6-13-9-10/h3,5-6,9H,2,4,7-8H2,1H3,(H,15,18). The van der Waals surface area contributed by atoms with Crippen LogP contribution in [0.25, 0.3) is 11.4 Å². The molecule has 0 bridgehead atoms. The second-order valence-corrected chi connectivity index (χ2v) is 4.18. The molecule has 2 aromatic rings. The molecule has 0 atom stereocenters. The first-order valence-electron chi connectivity index (χ1n) is 5.96. The number of hydrogen-bond acceptors (Lipinski definition) is 4. The molecule has 2 aromatic heterocycles. The van der Waals surface area contributed by atoms with E-state index >= 15 is 0 Å². The third-order valence-electron chi connectivity index (χ3n) is 2.55. The minimum absolute atomic E-state index is 0.630. The van der Waals surface area contributed by atoms with Gasteiger partial charge in [-0.15, -0.1) is 0 Å². The van der Waals surface area contributed by atoms with Crippen LogP contribution in [0.3, 0.4) is 0 Å². The maximum Gasteiger partial charge on any atom is 0.195 e. The van der Waals surface area contributed by atoms with E-state index in [1.54, 1.807) is 12.4 Å². The number of nitrogens with one attached hydrogen (secondary N) is 1. The lowest BCUT2D eigenvalue weighted by atomic mass is 10.2. The van der Waals surface area contributed by atoms with E-state index < -0.39 is 0 Å². The number of rotatable bonds is 6. The number of nitrogens with zero attached hydrogens (tertiary/aromatic N) is 3. The van der Waals surface area contributed by atoms with E-state index in [4.69, 9.17) is 17.0 Å². The summed E-state index contributed by atoms with van der Waals surface area (Å²) in [5.74, 6) is 0.824. The number of aromatic amines is 1. The van der Waals surface area contributed by atoms with Crippen molar-refractivity contribution in [2.45, 2.75) is 19.9 Å². The van der Waals surface area contributed by atoms with Gasteiger partial charge in [-0.05, 0) is 37.7 Å². The fourth-order valence-electron chi connectivity index (χ4n) is 1.71. The normalized spacial score (nSPS) is 10.7. The Labute approximate surface area is 111 Å². The zero-order valence-corrected chi connectivity index (χ0v) is 11.1. The highest BCUT2D eigenvalue weighted by atomic mass is 32.1. The van der Waals surface area contributed by atoms with E-state index in [1.165, 1.54) is 0 Å². The highest BCUT2D eigenvalue weighted by Crippen LogP contribution is 2.15. The first-order chi connectivity index (χ1) is 8.83. The minimum Gasteiger partial charge on any atom is -0.382 e. The molecule has 6 heteroatoms. The van der Waals surface area contributed by atoms with Gasteiger partial charge in [0.2, 0.25) is 0 Å². The zero-order chi connectivity index (χ0) is 12.8. The third-order valence-corrected chi connectivity index (χ3v) is 2.86. The maximum absolute atomic E-state index is 5.33. The largest absolute Gasteiger partial charge is 0.382 e. The first kappa shape index (κ1) is 12.9. The van der Waals surface area contributed by atoms with Gasteiger partial charge in [0.25, 0.3) is 0 Å². The van der Waals surface area contributed by atoms with Gasteiger partial charge < -0.3 is 9.30 Å². The van der Waals surface area contributed by atoms with Crippen LogP contribution < -0.4 is 0 Å². The van der Waals surface area contributed by atoms with Crippen LogP contribution in [0.15, 0.2) is 24.5 Å². The monoisotopic (exact) mass is 264 g/mol. The van der Waals surface area contributed by atoms with Gasteiger partial charge in [-0.3, -0.25) is 10.1 Å². The van der Waals surface area contributed by atoms with Gasteiger partial charge in [-0.2, -0.15) is 5.10 Å². The van der Waals surface area contributed by atoms with E-state index in [0.29, 0.717) is 4.77 Å². The molecule has 18 heavy (non-hydrogen) atoms. The predicted octanol–water partition coefficient (Wildman–Crippen LogP) is 2.43. The van der Waals surface area contributed by atoms with Crippen LogP contribution in [0.5, 0.6) is 0 Å². The first-order valence-corrected chi connectivity index (χ1v) is 6.37. The summed E-state index contributed by atoms with van der Waals surface area (Å²) in [6.07, 6.45) is 4.43. The second-order valence-electron chi connectivity index (χ2n) is 3.80. The van der Waals surface area contributed by atoms with Gasteiger partial charge in [0.15, 0.2) is 10.6 Å². The molecular formula is C12H16N4OS. The van der Waals surface area contributed by atoms with E-state index in [-0.39, 0.29) is 0 Å². The molecule has 0 amide bonds. The molecule has 0 aromatic carbocycles. The number of ether oxygens (including phenoxy) is 1. The highest BCUT2D eigenvalue weighted by molar-refractivity contribution is 7.71. The van der Waals surface area contributed by atoms with Crippen molar-refractivity contribution in [2.75, 3.05) is 13.2 Å². The summed E-state index contributed by atoms with van der Waals surface area (Å²) in [6.45, 7) is 4.26. The summed E-state index contributed by atoms with van der Waals surface area (Å²) < 4.78 is 7.93. The van der Waals surface area contributed by atoms with Crippen LogP contribution in [0.1, 0.15) is 13.3 Å². The lowest BCUT2D eigenvalue weighted by molar-refractivity contribution is 0.141. The quantitative estimate of drug-likeness (QED) is 0.643. The number of pyridine rings is 1. The average molecular weight is 264 g/mol. The Hall–Kier alpha value is -1.53. The second kappa shape index (κ2) is 6.42. The third kappa shape index (κ3) is 3.02. The lowest BCUT2D eigenvalue weighted by Crippen LogP contribution is -2.04. The summed E-state index contributed by atoms with van der Waals surface area (Å²) >= 11 is 5.23. The van der Waals surface area contributed by atoms with Gasteiger partial charge in [-0.25, -0.2) is 0 Å². The summed E-state index contributed by atoms with van der Waals surface area (Å²) in [4.78, 5) is 4.10. The molecule has 2 rings (SSSR count). The van der Waals surface area contributed by atoms with Gasteiger partial charge >= 0.3 is 0 Å². The van der Waals surface area contributed by atoms with E-state index in [1.807, 2.05) is 23.6 Å². The van der Waals surface area contributed by atoms with Crippen molar-refractivity contribution in [1.82, 2.24) is 19.7 Å². The average Bonchev–Trinajstić information content (AvgIpc) is 2.77. The van der Waals surface area contributed by atoms with Crippen LogP contribution >= 0.6 is 12.2 Å². The van der Waals surface area contributed by atoms with Crippen molar-refractivity contribution in [2.24, 2.45) is 0 Å². The molecule has 0 aliphatic rings. The predicted molar refractivity (Wildman–Crippen MR) is 71.8 cm³/mol. The molecule has 0 spiro atoms. The zero-order valence-electron chi connectivity index (χ0n) is 10.3. The van der Waals surface area contributed by atoms with Gasteiger partial charge in [-0.1, -0.05) is 0 Å². The number of hydrogen-bond donors (Lipinski definition) is 1. The van der Waals surface area contributed by atoms with Crippen LogP contribution in [-0.2, 0) is 11.3 Å². The molecule has 1 N–H and O–H groups in total. The van der Waals surface area contributed by atoms with E-state index in [0.717, 1.165) is 37.6 Å². The Morgan fingerprint density at radius 1 is 1.50 bits per heavy atom. The maximum atomic E-state index is 5.33. The molecule has 0 aliphatic carbocycles. The fraction of sp³-hybridized carbons (Fsp3) is 0.417. The molecule has 96 valence electrons. The molecule has 2 heterocycles. The minimum atomic E-state index is 0.630. The molecule has 5 nitrogen and oxygen atoms in total. The number of aromatic nitrogens is 4. The highest BCUT2D eigenvalue weighted by Gasteiger charge is 2.08.